The van der Waals surface area contributed by atoms with Gasteiger partial charge in [0.25, 0.3) is 5.91 Å². The number of pyridine rings is 1. The van der Waals surface area contributed by atoms with Crippen LogP contribution < -0.4 is 15.3 Å². The Hall–Kier alpha value is -2.64. The number of benzene rings is 1. The van der Waals surface area contributed by atoms with Crippen molar-refractivity contribution in [2.75, 3.05) is 6.61 Å². The maximum absolute atomic E-state index is 11.8. The van der Waals surface area contributed by atoms with E-state index in [4.69, 9.17) is 27.9 Å². The Morgan fingerprint density at radius 3 is 2.46 bits per heavy atom. The molecule has 0 aliphatic rings. The summed E-state index contributed by atoms with van der Waals surface area (Å²) in [5.74, 6) is -1.77. The first-order chi connectivity index (χ1) is 11.5. The molecule has 0 spiro atoms. The number of ether oxygens (including phenoxy) is 1. The maximum atomic E-state index is 11.8. The number of carboxylic acid groups (broad SMARTS) is 1. The average Bonchev–Trinajstić information content (AvgIpc) is 2.54. The van der Waals surface area contributed by atoms with Crippen LogP contribution >= 0.6 is 23.2 Å². The fourth-order valence-electron chi connectivity index (χ4n) is 1.66. The number of aliphatic carboxylic acids is 1. The molecule has 9 heteroatoms. The molecule has 2 rings (SSSR count). The van der Waals surface area contributed by atoms with Gasteiger partial charge in [-0.1, -0.05) is 23.2 Å². The number of carboxylic acids is 1. The predicted molar refractivity (Wildman–Crippen MR) is 86.3 cm³/mol. The number of hydrazone groups is 1. The van der Waals surface area contributed by atoms with E-state index in [0.717, 1.165) is 0 Å². The van der Waals surface area contributed by atoms with Crippen molar-refractivity contribution in [1.29, 1.82) is 0 Å². The van der Waals surface area contributed by atoms with Crippen LogP contribution in [0.4, 0.5) is 0 Å². The smallest absolute Gasteiger partial charge is 0.271 e. The normalized spacial score (nSPS) is 10.6. The topological polar surface area (TPSA) is 104 Å². The average molecular weight is 367 g/mol. The van der Waals surface area contributed by atoms with E-state index in [1.54, 1.807) is 12.1 Å². The number of hydrogen-bond donors (Lipinski definition) is 1. The third-order valence-electron chi connectivity index (χ3n) is 2.68. The third kappa shape index (κ3) is 4.94. The lowest BCUT2D eigenvalue weighted by Crippen LogP contribution is -2.29. The molecule has 0 saturated heterocycles. The number of rotatable bonds is 6. The molecule has 0 radical (unpaired) electrons. The summed E-state index contributed by atoms with van der Waals surface area (Å²) in [7, 11) is 0. The van der Waals surface area contributed by atoms with E-state index in [1.807, 2.05) is 0 Å². The number of aromatic nitrogens is 1. The summed E-state index contributed by atoms with van der Waals surface area (Å²) in [4.78, 5) is 26.0. The van der Waals surface area contributed by atoms with Gasteiger partial charge in [0.2, 0.25) is 0 Å². The molecule has 1 aromatic heterocycles. The SMILES string of the molecule is O=C([O-])COc1c(Cl)cc(/C=N\NC(=O)c2ccncc2)cc1Cl. The van der Waals surface area contributed by atoms with Crippen LogP contribution in [-0.2, 0) is 4.79 Å². The van der Waals surface area contributed by atoms with Gasteiger partial charge in [-0.15, -0.1) is 0 Å². The molecule has 0 saturated carbocycles. The minimum atomic E-state index is -1.40. The van der Waals surface area contributed by atoms with Crippen molar-refractivity contribution >= 4 is 41.3 Å². The van der Waals surface area contributed by atoms with E-state index >= 15 is 0 Å². The molecule has 1 N–H and O–H groups in total. The highest BCUT2D eigenvalue weighted by molar-refractivity contribution is 6.37. The second-order valence-electron chi connectivity index (χ2n) is 4.41. The van der Waals surface area contributed by atoms with Gasteiger partial charge >= 0.3 is 0 Å². The number of amides is 1. The van der Waals surface area contributed by atoms with Gasteiger partial charge in [0.05, 0.1) is 22.2 Å². The molecule has 1 aromatic carbocycles. The van der Waals surface area contributed by atoms with Crippen molar-refractivity contribution in [2.45, 2.75) is 0 Å². The van der Waals surface area contributed by atoms with Crippen LogP contribution in [0.3, 0.4) is 0 Å². The Morgan fingerprint density at radius 2 is 1.88 bits per heavy atom. The first-order valence-corrected chi connectivity index (χ1v) is 7.28. The molecule has 124 valence electrons. The van der Waals surface area contributed by atoms with Crippen molar-refractivity contribution in [1.82, 2.24) is 10.4 Å². The Labute approximate surface area is 146 Å². The van der Waals surface area contributed by atoms with Crippen molar-refractivity contribution in [3.8, 4) is 5.75 Å². The number of carbonyl (C=O) groups excluding carboxylic acids is 2. The molecule has 0 aliphatic carbocycles. The molecule has 2 aromatic rings. The second kappa shape index (κ2) is 8.28. The molecular formula is C15H10Cl2N3O4-. The Kier molecular flexibility index (Phi) is 6.11. The van der Waals surface area contributed by atoms with Gasteiger partial charge in [-0.2, -0.15) is 5.10 Å². The van der Waals surface area contributed by atoms with Crippen molar-refractivity contribution in [3.63, 3.8) is 0 Å². The van der Waals surface area contributed by atoms with E-state index in [-0.39, 0.29) is 15.8 Å². The first kappa shape index (κ1) is 17.7. The molecule has 0 bridgehead atoms. The summed E-state index contributed by atoms with van der Waals surface area (Å²) in [6.07, 6.45) is 4.31. The van der Waals surface area contributed by atoms with Crippen LogP contribution in [0, 0.1) is 0 Å². The summed E-state index contributed by atoms with van der Waals surface area (Å²) in [6.45, 7) is -0.672. The lowest BCUT2D eigenvalue weighted by molar-refractivity contribution is -0.307. The van der Waals surface area contributed by atoms with Crippen molar-refractivity contribution in [3.05, 3.63) is 57.8 Å². The zero-order valence-corrected chi connectivity index (χ0v) is 13.5. The van der Waals surface area contributed by atoms with Crippen LogP contribution in [0.2, 0.25) is 10.0 Å². The summed E-state index contributed by atoms with van der Waals surface area (Å²) >= 11 is 12.0. The Balaban J connectivity index is 2.05. The molecule has 0 atom stereocenters. The highest BCUT2D eigenvalue weighted by atomic mass is 35.5. The fourth-order valence-corrected chi connectivity index (χ4v) is 2.27. The largest absolute Gasteiger partial charge is 0.546 e. The quantitative estimate of drug-likeness (QED) is 0.612. The number of nitrogens with one attached hydrogen (secondary N) is 1. The van der Waals surface area contributed by atoms with Crippen LogP contribution in [-0.4, -0.2) is 29.7 Å². The molecule has 0 aliphatic heterocycles. The molecule has 1 amide bonds. The fraction of sp³-hybridized carbons (Fsp3) is 0.0667. The molecule has 0 unspecified atom stereocenters. The summed E-state index contributed by atoms with van der Waals surface area (Å²) < 4.78 is 4.94. The second-order valence-corrected chi connectivity index (χ2v) is 5.22. The van der Waals surface area contributed by atoms with Crippen molar-refractivity contribution < 1.29 is 19.4 Å². The first-order valence-electron chi connectivity index (χ1n) is 6.52. The Morgan fingerprint density at radius 1 is 1.25 bits per heavy atom. The minimum Gasteiger partial charge on any atom is -0.546 e. The number of carbonyl (C=O) groups is 2. The minimum absolute atomic E-state index is 0.0282. The zero-order chi connectivity index (χ0) is 17.5. The van der Waals surface area contributed by atoms with Gasteiger partial charge in [-0.05, 0) is 29.8 Å². The van der Waals surface area contributed by atoms with Gasteiger partial charge in [0, 0.05) is 18.0 Å². The molecule has 7 nitrogen and oxygen atoms in total. The van der Waals surface area contributed by atoms with Gasteiger partial charge in [0.15, 0.2) is 5.75 Å². The van der Waals surface area contributed by atoms with Crippen LogP contribution in [0.5, 0.6) is 5.75 Å². The summed E-state index contributed by atoms with van der Waals surface area (Å²) in [6, 6.07) is 6.00. The maximum Gasteiger partial charge on any atom is 0.271 e. The molecule has 0 fully saturated rings. The Bertz CT molecular complexity index is 759. The van der Waals surface area contributed by atoms with E-state index in [1.165, 1.54) is 30.7 Å². The predicted octanol–water partition coefficient (Wildman–Crippen LogP) is 1.28. The summed E-state index contributed by atoms with van der Waals surface area (Å²) in [5.41, 5.74) is 3.23. The van der Waals surface area contributed by atoms with E-state index in [9.17, 15) is 14.7 Å². The number of nitrogens with zero attached hydrogens (tertiary/aromatic N) is 2. The number of halogens is 2. The van der Waals surface area contributed by atoms with Gasteiger partial charge in [0.1, 0.15) is 6.61 Å². The highest BCUT2D eigenvalue weighted by Crippen LogP contribution is 2.33. The number of hydrogen-bond acceptors (Lipinski definition) is 6. The lowest BCUT2D eigenvalue weighted by atomic mass is 10.2. The van der Waals surface area contributed by atoms with E-state index in [0.29, 0.717) is 11.1 Å². The molecule has 24 heavy (non-hydrogen) atoms. The monoisotopic (exact) mass is 366 g/mol. The van der Waals surface area contributed by atoms with Crippen LogP contribution in [0.1, 0.15) is 15.9 Å². The molecule has 1 heterocycles. The van der Waals surface area contributed by atoms with Crippen molar-refractivity contribution in [2.24, 2.45) is 5.10 Å². The van der Waals surface area contributed by atoms with Crippen LogP contribution in [0.15, 0.2) is 41.8 Å². The zero-order valence-electron chi connectivity index (χ0n) is 12.0. The van der Waals surface area contributed by atoms with E-state index in [2.05, 4.69) is 15.5 Å². The standard InChI is InChI=1S/C15H11Cl2N3O4/c16-11-5-9(6-12(17)14(11)24-8-13(21)22)7-19-20-15(23)10-1-3-18-4-2-10/h1-7H,8H2,(H,20,23)(H,21,22)/p-1/b19-7-. The van der Waals surface area contributed by atoms with Gasteiger partial charge < -0.3 is 14.6 Å². The van der Waals surface area contributed by atoms with Gasteiger partial charge in [-0.3, -0.25) is 9.78 Å². The van der Waals surface area contributed by atoms with E-state index < -0.39 is 18.5 Å². The van der Waals surface area contributed by atoms with Crippen LogP contribution in [0.25, 0.3) is 0 Å². The lowest BCUT2D eigenvalue weighted by Gasteiger charge is -2.11. The van der Waals surface area contributed by atoms with Gasteiger partial charge in [-0.25, -0.2) is 5.43 Å². The third-order valence-corrected chi connectivity index (χ3v) is 3.24. The summed E-state index contributed by atoms with van der Waals surface area (Å²) in [5, 5.41) is 14.4. The highest BCUT2D eigenvalue weighted by Gasteiger charge is 2.09. The molecular weight excluding hydrogens is 357 g/mol.